The Morgan fingerprint density at radius 2 is 1.92 bits per heavy atom. The van der Waals surface area contributed by atoms with Gasteiger partial charge >= 0.3 is 0 Å². The van der Waals surface area contributed by atoms with Crippen molar-refractivity contribution >= 4 is 23.1 Å². The summed E-state index contributed by atoms with van der Waals surface area (Å²) in [5.41, 5.74) is 2.00. The summed E-state index contributed by atoms with van der Waals surface area (Å²) in [7, 11) is 0. The minimum absolute atomic E-state index is 0.624. The summed E-state index contributed by atoms with van der Waals surface area (Å²) in [4.78, 5) is 5.72. The van der Waals surface area contributed by atoms with Crippen molar-refractivity contribution < 1.29 is 4.42 Å². The fourth-order valence-electron chi connectivity index (χ4n) is 2.64. The third kappa shape index (κ3) is 3.59. The maximum absolute atomic E-state index is 5.69. The van der Waals surface area contributed by atoms with E-state index in [9.17, 15) is 0 Å². The van der Waals surface area contributed by atoms with Crippen LogP contribution in [0.25, 0.3) is 5.69 Å². The average molecular weight is 383 g/mol. The van der Waals surface area contributed by atoms with Crippen LogP contribution in [0.5, 0.6) is 0 Å². The average Bonchev–Trinajstić information content (AvgIpc) is 3.36. The van der Waals surface area contributed by atoms with Crippen LogP contribution in [0.2, 0.25) is 0 Å². The smallest absolute Gasteiger partial charge is 0.205 e. The van der Waals surface area contributed by atoms with E-state index in [1.807, 2.05) is 32.0 Å². The van der Waals surface area contributed by atoms with Crippen LogP contribution in [0.15, 0.2) is 57.4 Å². The fraction of sp³-hybridized carbons (Fsp3) is 0.211. The van der Waals surface area contributed by atoms with E-state index in [1.165, 1.54) is 4.88 Å². The molecule has 0 aliphatic carbocycles. The van der Waals surface area contributed by atoms with Crippen molar-refractivity contribution in [3.05, 3.63) is 75.9 Å². The lowest BCUT2D eigenvalue weighted by Gasteiger charge is -2.09. The third-order valence-corrected chi connectivity index (χ3v) is 5.81. The molecule has 0 saturated carbocycles. The summed E-state index contributed by atoms with van der Waals surface area (Å²) >= 11 is 3.32. The Balaban J connectivity index is 1.64. The first kappa shape index (κ1) is 17.1. The lowest BCUT2D eigenvalue weighted by atomic mass is 10.3. The summed E-state index contributed by atoms with van der Waals surface area (Å²) in [6.07, 6.45) is 0.761. The molecule has 0 unspecified atom stereocenters. The molecule has 0 amide bonds. The standard InChI is InChI=1S/C19H18N4OS2/c1-13-14(2)24-18(20-13)12-26-19-22-21-17(11-16-9-6-10-25-16)23(19)15-7-4-3-5-8-15/h3-10H,11-12H2,1-2H3. The normalized spacial score (nSPS) is 11.2. The van der Waals surface area contributed by atoms with Gasteiger partial charge in [0.15, 0.2) is 5.16 Å². The van der Waals surface area contributed by atoms with Crippen molar-refractivity contribution in [2.45, 2.75) is 31.2 Å². The first-order valence-electron chi connectivity index (χ1n) is 8.28. The van der Waals surface area contributed by atoms with Crippen LogP contribution in [0.4, 0.5) is 0 Å². The Morgan fingerprint density at radius 3 is 2.62 bits per heavy atom. The van der Waals surface area contributed by atoms with Gasteiger partial charge in [-0.2, -0.15) is 0 Å². The Morgan fingerprint density at radius 1 is 1.08 bits per heavy atom. The van der Waals surface area contributed by atoms with Crippen LogP contribution in [0, 0.1) is 13.8 Å². The number of aromatic nitrogens is 4. The molecule has 3 heterocycles. The SMILES string of the molecule is Cc1nc(CSc2nnc(Cc3cccs3)n2-c2ccccc2)oc1C. The topological polar surface area (TPSA) is 56.7 Å². The van der Waals surface area contributed by atoms with Crippen molar-refractivity contribution in [2.24, 2.45) is 0 Å². The molecule has 0 atom stereocenters. The van der Waals surface area contributed by atoms with Crippen LogP contribution in [0.1, 0.15) is 28.0 Å². The molecule has 0 bridgehead atoms. The molecule has 0 aliphatic rings. The van der Waals surface area contributed by atoms with E-state index >= 15 is 0 Å². The number of aryl methyl sites for hydroxylation is 2. The predicted molar refractivity (Wildman–Crippen MR) is 104 cm³/mol. The first-order valence-corrected chi connectivity index (χ1v) is 10.1. The summed E-state index contributed by atoms with van der Waals surface area (Å²) in [5.74, 6) is 3.13. The number of para-hydroxylation sites is 1. The van der Waals surface area contributed by atoms with E-state index in [0.29, 0.717) is 11.6 Å². The van der Waals surface area contributed by atoms with E-state index < -0.39 is 0 Å². The van der Waals surface area contributed by atoms with Crippen LogP contribution >= 0.6 is 23.1 Å². The minimum Gasteiger partial charge on any atom is -0.445 e. The lowest BCUT2D eigenvalue weighted by Crippen LogP contribution is -2.03. The van der Waals surface area contributed by atoms with Crippen molar-refractivity contribution in [3.8, 4) is 5.69 Å². The molecule has 4 rings (SSSR count). The number of benzene rings is 1. The Hall–Kier alpha value is -2.38. The van der Waals surface area contributed by atoms with Gasteiger partial charge < -0.3 is 4.42 Å². The van der Waals surface area contributed by atoms with Gasteiger partial charge in [-0.1, -0.05) is 36.0 Å². The van der Waals surface area contributed by atoms with E-state index in [-0.39, 0.29) is 0 Å². The van der Waals surface area contributed by atoms with Gasteiger partial charge in [-0.3, -0.25) is 4.57 Å². The quantitative estimate of drug-likeness (QED) is 0.448. The monoisotopic (exact) mass is 382 g/mol. The number of nitrogens with zero attached hydrogens (tertiary/aromatic N) is 4. The molecule has 0 radical (unpaired) electrons. The van der Waals surface area contributed by atoms with Crippen molar-refractivity contribution in [1.29, 1.82) is 0 Å². The van der Waals surface area contributed by atoms with Gasteiger partial charge in [-0.05, 0) is 37.4 Å². The van der Waals surface area contributed by atoms with Crippen LogP contribution in [-0.2, 0) is 12.2 Å². The van der Waals surface area contributed by atoms with E-state index in [4.69, 9.17) is 4.42 Å². The number of hydrogen-bond donors (Lipinski definition) is 0. The molecule has 3 aromatic heterocycles. The number of hydrogen-bond acceptors (Lipinski definition) is 6. The Kier molecular flexibility index (Phi) is 4.90. The summed E-state index contributed by atoms with van der Waals surface area (Å²) < 4.78 is 7.80. The highest BCUT2D eigenvalue weighted by Crippen LogP contribution is 2.27. The number of thioether (sulfide) groups is 1. The molecule has 26 heavy (non-hydrogen) atoms. The molecule has 1 aromatic carbocycles. The fourth-order valence-corrected chi connectivity index (χ4v) is 4.16. The summed E-state index contributed by atoms with van der Waals surface area (Å²) in [6.45, 7) is 3.89. The molecule has 0 saturated heterocycles. The number of oxazole rings is 1. The second kappa shape index (κ2) is 7.47. The second-order valence-electron chi connectivity index (χ2n) is 5.86. The van der Waals surface area contributed by atoms with Crippen molar-refractivity contribution in [2.75, 3.05) is 0 Å². The van der Waals surface area contributed by atoms with Crippen molar-refractivity contribution in [3.63, 3.8) is 0 Å². The zero-order valence-electron chi connectivity index (χ0n) is 14.5. The molecule has 0 fully saturated rings. The van der Waals surface area contributed by atoms with E-state index in [1.54, 1.807) is 23.1 Å². The molecule has 5 nitrogen and oxygen atoms in total. The lowest BCUT2D eigenvalue weighted by molar-refractivity contribution is 0.489. The Bertz CT molecular complexity index is 971. The maximum Gasteiger partial charge on any atom is 0.205 e. The number of thiophene rings is 1. The van der Waals surface area contributed by atoms with Gasteiger partial charge in [0, 0.05) is 17.0 Å². The molecule has 7 heteroatoms. The van der Waals surface area contributed by atoms with Crippen LogP contribution < -0.4 is 0 Å². The zero-order chi connectivity index (χ0) is 17.9. The van der Waals surface area contributed by atoms with Gasteiger partial charge in [0.25, 0.3) is 0 Å². The summed E-state index contributed by atoms with van der Waals surface area (Å²) in [6, 6.07) is 14.4. The molecule has 0 aliphatic heterocycles. The highest BCUT2D eigenvalue weighted by atomic mass is 32.2. The summed E-state index contributed by atoms with van der Waals surface area (Å²) in [5, 5.41) is 11.8. The highest BCUT2D eigenvalue weighted by Gasteiger charge is 2.16. The molecule has 0 N–H and O–H groups in total. The van der Waals surface area contributed by atoms with Crippen molar-refractivity contribution in [1.82, 2.24) is 19.7 Å². The van der Waals surface area contributed by atoms with E-state index in [2.05, 4.69) is 49.4 Å². The van der Waals surface area contributed by atoms with Gasteiger partial charge in [0.1, 0.15) is 11.6 Å². The van der Waals surface area contributed by atoms with Gasteiger partial charge in [-0.15, -0.1) is 21.5 Å². The van der Waals surface area contributed by atoms with Gasteiger partial charge in [-0.25, -0.2) is 4.98 Å². The molecular formula is C19H18N4OS2. The van der Waals surface area contributed by atoms with E-state index in [0.717, 1.165) is 34.5 Å². The largest absolute Gasteiger partial charge is 0.445 e. The van der Waals surface area contributed by atoms with Gasteiger partial charge in [0.05, 0.1) is 11.4 Å². The maximum atomic E-state index is 5.69. The van der Waals surface area contributed by atoms with Crippen LogP contribution in [0.3, 0.4) is 0 Å². The molecular weight excluding hydrogens is 364 g/mol. The molecule has 132 valence electrons. The highest BCUT2D eigenvalue weighted by molar-refractivity contribution is 7.98. The van der Waals surface area contributed by atoms with Gasteiger partial charge in [0.2, 0.25) is 5.89 Å². The predicted octanol–water partition coefficient (Wildman–Crippen LogP) is 4.82. The third-order valence-electron chi connectivity index (χ3n) is 4.02. The Labute approximate surface area is 160 Å². The zero-order valence-corrected chi connectivity index (χ0v) is 16.2. The molecule has 4 aromatic rings. The minimum atomic E-state index is 0.624. The second-order valence-corrected chi connectivity index (χ2v) is 7.84. The first-order chi connectivity index (χ1) is 12.7. The molecule has 0 spiro atoms. The van der Waals surface area contributed by atoms with Crippen LogP contribution in [-0.4, -0.2) is 19.7 Å². The number of rotatable bonds is 6.